The SMILES string of the molecule is CCOc1cccc(C#Cc2cc(C(=O)N3CCN(c4ccc(C(=O)NCC56CC7CC(CC(C7)C5)C6)nn4)CC3)cc(C(F)(F)F)c2)c1. The van der Waals surface area contributed by atoms with Crippen molar-refractivity contribution in [1.82, 2.24) is 20.4 Å². The summed E-state index contributed by atoms with van der Waals surface area (Å²) >= 11 is 0. The van der Waals surface area contributed by atoms with E-state index >= 15 is 0 Å². The van der Waals surface area contributed by atoms with Gasteiger partial charge in [-0.2, -0.15) is 13.2 Å². The topological polar surface area (TPSA) is 87.7 Å². The smallest absolute Gasteiger partial charge is 0.416 e. The van der Waals surface area contributed by atoms with Gasteiger partial charge in [-0.05, 0) is 117 Å². The summed E-state index contributed by atoms with van der Waals surface area (Å²) in [6.45, 7) is 4.43. The highest BCUT2D eigenvalue weighted by molar-refractivity contribution is 5.95. The zero-order valence-corrected chi connectivity index (χ0v) is 27.6. The first kappa shape index (κ1) is 32.9. The molecule has 8 nitrogen and oxygen atoms in total. The first-order chi connectivity index (χ1) is 23.6. The van der Waals surface area contributed by atoms with Gasteiger partial charge in [0.25, 0.3) is 11.8 Å². The number of aromatic nitrogens is 2. The molecule has 1 aliphatic heterocycles. The van der Waals surface area contributed by atoms with Crippen molar-refractivity contribution in [3.63, 3.8) is 0 Å². The summed E-state index contributed by atoms with van der Waals surface area (Å²) in [6.07, 6.45) is 3.07. The average Bonchev–Trinajstić information content (AvgIpc) is 3.09. The van der Waals surface area contributed by atoms with Crippen LogP contribution < -0.4 is 15.0 Å². The molecule has 256 valence electrons. The Morgan fingerprint density at radius 2 is 1.59 bits per heavy atom. The van der Waals surface area contributed by atoms with Gasteiger partial charge in [-0.3, -0.25) is 9.59 Å². The number of carbonyl (C=O) groups is 2. The molecule has 2 amide bonds. The van der Waals surface area contributed by atoms with Crippen LogP contribution in [0.1, 0.15) is 83.0 Å². The summed E-state index contributed by atoms with van der Waals surface area (Å²) in [4.78, 5) is 29.9. The summed E-state index contributed by atoms with van der Waals surface area (Å²) in [5.74, 6) is 8.60. The number of hydrogen-bond acceptors (Lipinski definition) is 6. The molecule has 0 unspecified atom stereocenters. The molecule has 5 aliphatic rings. The maximum Gasteiger partial charge on any atom is 0.416 e. The van der Waals surface area contributed by atoms with Gasteiger partial charge in [-0.15, -0.1) is 10.2 Å². The van der Waals surface area contributed by atoms with Crippen molar-refractivity contribution in [2.45, 2.75) is 51.6 Å². The molecular weight excluding hydrogens is 631 g/mol. The quantitative estimate of drug-likeness (QED) is 0.301. The van der Waals surface area contributed by atoms with Crippen LogP contribution >= 0.6 is 0 Å². The molecular formula is C38H40F3N5O3. The van der Waals surface area contributed by atoms with Crippen molar-refractivity contribution < 1.29 is 27.5 Å². The second-order valence-electron chi connectivity index (χ2n) is 14.2. The molecule has 1 N–H and O–H groups in total. The van der Waals surface area contributed by atoms with Crippen molar-refractivity contribution in [1.29, 1.82) is 0 Å². The van der Waals surface area contributed by atoms with E-state index in [1.807, 2.05) is 11.8 Å². The number of benzene rings is 2. The van der Waals surface area contributed by atoms with Gasteiger partial charge in [0.2, 0.25) is 0 Å². The van der Waals surface area contributed by atoms with Crippen LogP contribution in [0.2, 0.25) is 0 Å². The number of ether oxygens (including phenoxy) is 1. The lowest BCUT2D eigenvalue weighted by Gasteiger charge is -2.56. The van der Waals surface area contributed by atoms with Gasteiger partial charge < -0.3 is 19.9 Å². The molecule has 2 aromatic carbocycles. The van der Waals surface area contributed by atoms with Gasteiger partial charge in [0, 0.05) is 49.4 Å². The van der Waals surface area contributed by atoms with E-state index in [-0.39, 0.29) is 41.2 Å². The Kier molecular flexibility index (Phi) is 8.99. The fourth-order valence-corrected chi connectivity index (χ4v) is 8.76. The minimum Gasteiger partial charge on any atom is -0.494 e. The average molecular weight is 672 g/mol. The standard InChI is InChI=1S/C38H40F3N5O3/c1-2-49-32-5-3-4-25(19-32)6-7-26-17-30(20-31(18-26)38(39,40)41)36(48)46-12-10-45(11-13-46)34-9-8-33(43-44-34)35(47)42-24-37-21-27-14-28(22-37)16-29(15-27)23-37/h3-5,8-9,17-20,27-29H,2,10-16,21-24H2,1H3,(H,42,47). The van der Waals surface area contributed by atoms with Crippen LogP contribution in [-0.2, 0) is 6.18 Å². The van der Waals surface area contributed by atoms with Crippen molar-refractivity contribution in [2.24, 2.45) is 23.2 Å². The summed E-state index contributed by atoms with van der Waals surface area (Å²) in [6, 6.07) is 13.7. The Morgan fingerprint density at radius 1 is 0.898 bits per heavy atom. The van der Waals surface area contributed by atoms with Crippen LogP contribution in [-0.4, -0.2) is 66.2 Å². The highest BCUT2D eigenvalue weighted by Crippen LogP contribution is 2.59. The van der Waals surface area contributed by atoms with Crippen LogP contribution in [0.4, 0.5) is 19.0 Å². The van der Waals surface area contributed by atoms with E-state index in [1.54, 1.807) is 36.4 Å². The molecule has 11 heteroatoms. The van der Waals surface area contributed by atoms with E-state index in [9.17, 15) is 22.8 Å². The summed E-state index contributed by atoms with van der Waals surface area (Å²) in [5, 5.41) is 11.7. The Labute approximate surface area is 284 Å². The molecule has 49 heavy (non-hydrogen) atoms. The van der Waals surface area contributed by atoms with Gasteiger partial charge in [0.15, 0.2) is 11.5 Å². The third-order valence-corrected chi connectivity index (χ3v) is 10.6. The number of carbonyl (C=O) groups excluding carboxylic acids is 2. The number of halogens is 3. The van der Waals surface area contributed by atoms with Crippen molar-refractivity contribution in [3.05, 3.63) is 82.5 Å². The normalized spacial score (nSPS) is 24.3. The maximum atomic E-state index is 13.8. The molecule has 0 spiro atoms. The summed E-state index contributed by atoms with van der Waals surface area (Å²) in [5.41, 5.74) is 0.181. The molecule has 2 heterocycles. The highest BCUT2D eigenvalue weighted by Gasteiger charge is 2.50. The van der Waals surface area contributed by atoms with Gasteiger partial charge >= 0.3 is 6.18 Å². The first-order valence-electron chi connectivity index (χ1n) is 17.2. The molecule has 0 radical (unpaired) electrons. The molecule has 1 aromatic heterocycles. The van der Waals surface area contributed by atoms with Crippen LogP contribution in [0, 0.1) is 35.0 Å². The van der Waals surface area contributed by atoms with Crippen LogP contribution in [0.3, 0.4) is 0 Å². The van der Waals surface area contributed by atoms with Gasteiger partial charge in [0.05, 0.1) is 12.2 Å². The predicted octanol–water partition coefficient (Wildman–Crippen LogP) is 6.20. The van der Waals surface area contributed by atoms with E-state index in [1.165, 1.54) is 49.5 Å². The van der Waals surface area contributed by atoms with Crippen LogP contribution in [0.5, 0.6) is 5.75 Å². The lowest BCUT2D eigenvalue weighted by molar-refractivity contribution is -0.137. The first-order valence-corrected chi connectivity index (χ1v) is 17.2. The molecule has 1 saturated heterocycles. The van der Waals surface area contributed by atoms with Crippen LogP contribution in [0.25, 0.3) is 0 Å². The zero-order valence-electron chi connectivity index (χ0n) is 27.6. The number of nitrogens with one attached hydrogen (secondary N) is 1. The number of rotatable bonds is 7. The van der Waals surface area contributed by atoms with E-state index in [4.69, 9.17) is 4.74 Å². The summed E-state index contributed by atoms with van der Waals surface area (Å²) in [7, 11) is 0. The molecule has 8 rings (SSSR count). The molecule has 0 atom stereocenters. The van der Waals surface area contributed by atoms with E-state index in [0.717, 1.165) is 29.9 Å². The zero-order chi connectivity index (χ0) is 34.2. The van der Waals surface area contributed by atoms with E-state index in [2.05, 4.69) is 27.4 Å². The third kappa shape index (κ3) is 7.38. The molecule has 4 saturated carbocycles. The number of anilines is 1. The number of alkyl halides is 3. The molecule has 3 aromatic rings. The lowest BCUT2D eigenvalue weighted by atomic mass is 9.49. The van der Waals surface area contributed by atoms with Gasteiger partial charge in [-0.1, -0.05) is 17.9 Å². The van der Waals surface area contributed by atoms with E-state index in [0.29, 0.717) is 43.4 Å². The van der Waals surface area contributed by atoms with Crippen molar-refractivity contribution in [2.75, 3.05) is 44.2 Å². The van der Waals surface area contributed by atoms with Gasteiger partial charge in [0.1, 0.15) is 5.75 Å². The minimum absolute atomic E-state index is 0.0701. The Hall–Kier alpha value is -4.59. The van der Waals surface area contributed by atoms with Crippen molar-refractivity contribution in [3.8, 4) is 17.6 Å². The van der Waals surface area contributed by atoms with Gasteiger partial charge in [-0.25, -0.2) is 0 Å². The third-order valence-electron chi connectivity index (χ3n) is 10.6. The summed E-state index contributed by atoms with van der Waals surface area (Å²) < 4.78 is 47.0. The maximum absolute atomic E-state index is 13.8. The van der Waals surface area contributed by atoms with Crippen molar-refractivity contribution >= 4 is 17.6 Å². The second kappa shape index (κ2) is 13.4. The molecule has 5 fully saturated rings. The number of amides is 2. The Balaban J connectivity index is 0.967. The molecule has 4 aliphatic carbocycles. The van der Waals surface area contributed by atoms with Crippen LogP contribution in [0.15, 0.2) is 54.6 Å². The predicted molar refractivity (Wildman–Crippen MR) is 178 cm³/mol. The fourth-order valence-electron chi connectivity index (χ4n) is 8.76. The molecule has 4 bridgehead atoms. The number of nitrogens with zero attached hydrogens (tertiary/aromatic N) is 4. The largest absolute Gasteiger partial charge is 0.494 e. The minimum atomic E-state index is -4.64. The highest BCUT2D eigenvalue weighted by atomic mass is 19.4. The Morgan fingerprint density at radius 3 is 2.22 bits per heavy atom. The lowest BCUT2D eigenvalue weighted by Crippen LogP contribution is -2.51. The number of piperazine rings is 1. The monoisotopic (exact) mass is 671 g/mol. The second-order valence-corrected chi connectivity index (χ2v) is 14.2. The van der Waals surface area contributed by atoms with E-state index < -0.39 is 17.6 Å². The Bertz CT molecular complexity index is 1740. The number of hydrogen-bond donors (Lipinski definition) is 1. The fraction of sp³-hybridized carbons (Fsp3) is 0.474.